The van der Waals surface area contributed by atoms with Crippen LogP contribution in [0.4, 0.5) is 0 Å². The van der Waals surface area contributed by atoms with Gasteiger partial charge in [0.1, 0.15) is 6.61 Å². The van der Waals surface area contributed by atoms with Crippen LogP contribution in [0.3, 0.4) is 0 Å². The van der Waals surface area contributed by atoms with Crippen molar-refractivity contribution in [3.05, 3.63) is 68.7 Å². The van der Waals surface area contributed by atoms with Crippen molar-refractivity contribution >= 4 is 28.1 Å². The molecule has 0 bridgehead atoms. The normalized spacial score (nSPS) is 10.7. The molecule has 148 valence electrons. The van der Waals surface area contributed by atoms with Crippen molar-refractivity contribution in [2.75, 3.05) is 12.0 Å². The monoisotopic (exact) mass is 462 g/mol. The van der Waals surface area contributed by atoms with Gasteiger partial charge >= 0.3 is 0 Å². The Bertz CT molecular complexity index is 972. The zero-order chi connectivity index (χ0) is 19.9. The summed E-state index contributed by atoms with van der Waals surface area (Å²) in [7, 11) is 0. The lowest BCUT2D eigenvalue weighted by Gasteiger charge is -2.16. The number of nitrogens with zero attached hydrogens (tertiary/aromatic N) is 2. The van der Waals surface area contributed by atoms with E-state index < -0.39 is 0 Å². The summed E-state index contributed by atoms with van der Waals surface area (Å²) in [6.45, 7) is 5.58. The second kappa shape index (κ2) is 9.75. The second-order valence-corrected chi connectivity index (χ2v) is 7.32. The van der Waals surface area contributed by atoms with Gasteiger partial charge in [0, 0.05) is 6.42 Å². The lowest BCUT2D eigenvalue weighted by atomic mass is 10.2. The van der Waals surface area contributed by atoms with Gasteiger partial charge in [-0.25, -0.2) is 4.68 Å². The number of aromatic amines is 1. The average molecular weight is 463 g/mol. The molecule has 0 saturated heterocycles. The predicted octanol–water partition coefficient (Wildman–Crippen LogP) is 4.99. The van der Waals surface area contributed by atoms with Crippen molar-refractivity contribution in [1.82, 2.24) is 14.9 Å². The minimum atomic E-state index is 0.473. The summed E-state index contributed by atoms with van der Waals surface area (Å²) in [5, 5.41) is 7.02. The van der Waals surface area contributed by atoms with E-state index in [1.165, 1.54) is 0 Å². The van der Waals surface area contributed by atoms with E-state index in [-0.39, 0.29) is 0 Å². The molecule has 0 saturated carbocycles. The highest BCUT2D eigenvalue weighted by molar-refractivity contribution is 9.10. The van der Waals surface area contributed by atoms with Gasteiger partial charge in [-0.2, -0.15) is 5.10 Å². The lowest BCUT2D eigenvalue weighted by Crippen LogP contribution is -2.17. The van der Waals surface area contributed by atoms with Gasteiger partial charge in [0.25, 0.3) is 0 Å². The molecular weight excluding hydrogens is 440 g/mol. The number of aromatic nitrogens is 3. The van der Waals surface area contributed by atoms with Crippen LogP contribution in [0, 0.1) is 4.77 Å². The van der Waals surface area contributed by atoms with Gasteiger partial charge in [-0.05, 0) is 58.3 Å². The molecular formula is C20H23BrN4O2S. The number of hydrogen-bond acceptors (Lipinski definition) is 5. The maximum Gasteiger partial charge on any atom is 0.214 e. The summed E-state index contributed by atoms with van der Waals surface area (Å²) < 4.78 is 15.0. The molecule has 0 aliphatic rings. The molecule has 2 N–H and O–H groups in total. The minimum absolute atomic E-state index is 0.473. The number of nitrogens with one attached hydrogen (secondary N) is 2. The van der Waals surface area contributed by atoms with Gasteiger partial charge in [-0.3, -0.25) is 5.10 Å². The molecule has 1 aromatic heterocycles. The van der Waals surface area contributed by atoms with Gasteiger partial charge in [0.05, 0.1) is 17.6 Å². The van der Waals surface area contributed by atoms with E-state index in [4.69, 9.17) is 21.7 Å². The highest BCUT2D eigenvalue weighted by Crippen LogP contribution is 2.37. The number of rotatable bonds is 9. The van der Waals surface area contributed by atoms with Crippen LogP contribution in [0.5, 0.6) is 11.5 Å². The van der Waals surface area contributed by atoms with Gasteiger partial charge in [-0.15, -0.1) is 0 Å². The summed E-state index contributed by atoms with van der Waals surface area (Å²) in [5.41, 5.74) is 5.44. The number of H-pyrrole nitrogens is 1. The minimum Gasteiger partial charge on any atom is -0.490 e. The third-order valence-corrected chi connectivity index (χ3v) is 4.96. The molecule has 0 aliphatic carbocycles. The van der Waals surface area contributed by atoms with Crippen molar-refractivity contribution < 1.29 is 9.47 Å². The summed E-state index contributed by atoms with van der Waals surface area (Å²) >= 11 is 8.90. The molecule has 3 rings (SSSR count). The SMILES string of the molecule is CCOc1cc(CNn2c(CC)n[nH]c2=S)cc(Br)c1OCc1ccccc1. The van der Waals surface area contributed by atoms with Crippen molar-refractivity contribution in [2.24, 2.45) is 0 Å². The van der Waals surface area contributed by atoms with Gasteiger partial charge in [-0.1, -0.05) is 37.3 Å². The van der Waals surface area contributed by atoms with Gasteiger partial charge in [0.15, 0.2) is 17.3 Å². The van der Waals surface area contributed by atoms with Gasteiger partial charge < -0.3 is 14.9 Å². The number of hydrogen-bond donors (Lipinski definition) is 2. The summed E-state index contributed by atoms with van der Waals surface area (Å²) in [4.78, 5) is 0. The van der Waals surface area contributed by atoms with Crippen LogP contribution in [0.2, 0.25) is 0 Å². The smallest absolute Gasteiger partial charge is 0.214 e. The van der Waals surface area contributed by atoms with Crippen LogP contribution >= 0.6 is 28.1 Å². The number of benzene rings is 2. The van der Waals surface area contributed by atoms with E-state index in [1.54, 1.807) is 4.68 Å². The topological polar surface area (TPSA) is 64.1 Å². The molecule has 0 atom stereocenters. The predicted molar refractivity (Wildman–Crippen MR) is 116 cm³/mol. The second-order valence-electron chi connectivity index (χ2n) is 6.08. The third-order valence-electron chi connectivity index (χ3n) is 4.09. The Labute approximate surface area is 178 Å². The van der Waals surface area contributed by atoms with Crippen molar-refractivity contribution in [1.29, 1.82) is 0 Å². The first-order valence-corrected chi connectivity index (χ1v) is 10.3. The fourth-order valence-corrected chi connectivity index (χ4v) is 3.58. The number of ether oxygens (including phenoxy) is 2. The zero-order valence-electron chi connectivity index (χ0n) is 15.9. The van der Waals surface area contributed by atoms with E-state index in [9.17, 15) is 0 Å². The van der Waals surface area contributed by atoms with Crippen molar-refractivity contribution in [3.8, 4) is 11.5 Å². The van der Waals surface area contributed by atoms with Crippen LogP contribution in [0.25, 0.3) is 0 Å². The van der Waals surface area contributed by atoms with Crippen LogP contribution in [-0.4, -0.2) is 21.5 Å². The summed E-state index contributed by atoms with van der Waals surface area (Å²) in [6.07, 6.45) is 0.778. The molecule has 0 fully saturated rings. The Balaban J connectivity index is 1.78. The largest absolute Gasteiger partial charge is 0.490 e. The van der Waals surface area contributed by atoms with E-state index >= 15 is 0 Å². The first-order chi connectivity index (χ1) is 13.6. The van der Waals surface area contributed by atoms with Crippen LogP contribution < -0.4 is 14.9 Å². The molecule has 6 nitrogen and oxygen atoms in total. The average Bonchev–Trinajstić information content (AvgIpc) is 3.06. The molecule has 2 aromatic carbocycles. The molecule has 0 unspecified atom stereocenters. The highest BCUT2D eigenvalue weighted by atomic mass is 79.9. The molecule has 28 heavy (non-hydrogen) atoms. The molecule has 0 amide bonds. The maximum atomic E-state index is 6.04. The fraction of sp³-hybridized carbons (Fsp3) is 0.300. The number of aryl methyl sites for hydroxylation is 1. The lowest BCUT2D eigenvalue weighted by molar-refractivity contribution is 0.267. The summed E-state index contributed by atoms with van der Waals surface area (Å²) in [6, 6.07) is 14.1. The fourth-order valence-electron chi connectivity index (χ4n) is 2.76. The Morgan fingerprint density at radius 2 is 1.93 bits per heavy atom. The van der Waals surface area contributed by atoms with E-state index in [1.807, 2.05) is 56.3 Å². The zero-order valence-corrected chi connectivity index (χ0v) is 18.3. The first kappa shape index (κ1) is 20.4. The standard InChI is InChI=1S/C20H23BrN4O2S/c1-3-18-23-24-20(28)25(18)22-12-15-10-16(21)19(17(11-15)26-4-2)27-13-14-8-6-5-7-9-14/h5-11,22H,3-4,12-13H2,1-2H3,(H,24,28). The molecule has 0 radical (unpaired) electrons. The number of halogens is 1. The summed E-state index contributed by atoms with van der Waals surface area (Å²) in [5.74, 6) is 2.26. The Morgan fingerprint density at radius 1 is 1.14 bits per heavy atom. The van der Waals surface area contributed by atoms with E-state index in [0.29, 0.717) is 36.0 Å². The Hall–Kier alpha value is -2.32. The molecule has 1 heterocycles. The molecule has 8 heteroatoms. The molecule has 0 spiro atoms. The Kier molecular flexibility index (Phi) is 7.11. The first-order valence-electron chi connectivity index (χ1n) is 9.14. The van der Waals surface area contributed by atoms with E-state index in [2.05, 4.69) is 31.6 Å². The van der Waals surface area contributed by atoms with Crippen molar-refractivity contribution in [3.63, 3.8) is 0 Å². The van der Waals surface area contributed by atoms with Crippen LogP contribution in [-0.2, 0) is 19.6 Å². The maximum absolute atomic E-state index is 6.04. The van der Waals surface area contributed by atoms with Crippen molar-refractivity contribution in [2.45, 2.75) is 33.4 Å². The van der Waals surface area contributed by atoms with E-state index in [0.717, 1.165) is 27.8 Å². The van der Waals surface area contributed by atoms with Crippen LogP contribution in [0.1, 0.15) is 30.8 Å². The van der Waals surface area contributed by atoms with Crippen LogP contribution in [0.15, 0.2) is 46.9 Å². The molecule has 0 aliphatic heterocycles. The third kappa shape index (κ3) is 4.94. The highest BCUT2D eigenvalue weighted by Gasteiger charge is 2.13. The van der Waals surface area contributed by atoms with Gasteiger partial charge in [0.2, 0.25) is 4.77 Å². The Morgan fingerprint density at radius 3 is 2.64 bits per heavy atom. The molecule has 3 aromatic rings. The quantitative estimate of drug-likeness (QED) is 0.438.